The van der Waals surface area contributed by atoms with Gasteiger partial charge in [-0.25, -0.2) is 0 Å². The molecule has 28 heavy (non-hydrogen) atoms. The van der Waals surface area contributed by atoms with Crippen molar-refractivity contribution in [3.05, 3.63) is 101 Å². The van der Waals surface area contributed by atoms with Gasteiger partial charge in [0.1, 0.15) is 0 Å². The Morgan fingerprint density at radius 3 is 2.11 bits per heavy atom. The van der Waals surface area contributed by atoms with E-state index >= 15 is 0 Å². The summed E-state index contributed by atoms with van der Waals surface area (Å²) in [5, 5.41) is 0. The van der Waals surface area contributed by atoms with E-state index in [9.17, 15) is 4.79 Å². The fraction of sp³-hybridized carbons (Fsp3) is 0.269. The summed E-state index contributed by atoms with van der Waals surface area (Å²) in [6, 6.07) is 27.2. The molecule has 4 rings (SSSR count). The molecule has 0 radical (unpaired) electrons. The van der Waals surface area contributed by atoms with Crippen LogP contribution in [-0.2, 0) is 23.2 Å². The Labute approximate surface area is 167 Å². The molecule has 0 aromatic heterocycles. The van der Waals surface area contributed by atoms with Gasteiger partial charge in [0.05, 0.1) is 12.5 Å². The molecule has 3 aromatic rings. The van der Waals surface area contributed by atoms with Gasteiger partial charge >= 0.3 is 0 Å². The SMILES string of the molecule is CC(C)(C)c1ccc(CN2C(=O)C(Cc3ccccc3)c3ccccc32)cc1. The van der Waals surface area contributed by atoms with Gasteiger partial charge < -0.3 is 4.90 Å². The molecule has 2 nitrogen and oxygen atoms in total. The largest absolute Gasteiger partial charge is 0.307 e. The van der Waals surface area contributed by atoms with E-state index in [0.717, 1.165) is 23.2 Å². The van der Waals surface area contributed by atoms with E-state index in [2.05, 4.69) is 69.3 Å². The van der Waals surface area contributed by atoms with Gasteiger partial charge in [0.25, 0.3) is 0 Å². The molecule has 1 amide bonds. The van der Waals surface area contributed by atoms with Gasteiger partial charge in [-0.05, 0) is 40.2 Å². The van der Waals surface area contributed by atoms with Crippen molar-refractivity contribution in [2.45, 2.75) is 45.1 Å². The minimum Gasteiger partial charge on any atom is -0.307 e. The number of hydrogen-bond acceptors (Lipinski definition) is 1. The van der Waals surface area contributed by atoms with Crippen LogP contribution < -0.4 is 4.90 Å². The van der Waals surface area contributed by atoms with Crippen LogP contribution in [0, 0.1) is 0 Å². The molecular weight excluding hydrogens is 342 g/mol. The Bertz CT molecular complexity index is 967. The number of carbonyl (C=O) groups is 1. The number of anilines is 1. The number of carbonyl (C=O) groups excluding carboxylic acids is 1. The highest BCUT2D eigenvalue weighted by Crippen LogP contribution is 2.40. The summed E-state index contributed by atoms with van der Waals surface area (Å²) in [6.45, 7) is 7.27. The fourth-order valence-corrected chi connectivity index (χ4v) is 3.97. The van der Waals surface area contributed by atoms with Crippen molar-refractivity contribution < 1.29 is 4.79 Å². The molecule has 1 aliphatic heterocycles. The molecule has 3 aromatic carbocycles. The van der Waals surface area contributed by atoms with Crippen molar-refractivity contribution in [3.63, 3.8) is 0 Å². The summed E-state index contributed by atoms with van der Waals surface area (Å²) in [5.41, 5.74) is 6.00. The van der Waals surface area contributed by atoms with Crippen molar-refractivity contribution in [2.24, 2.45) is 0 Å². The van der Waals surface area contributed by atoms with Crippen LogP contribution in [0.4, 0.5) is 5.69 Å². The molecule has 1 aliphatic rings. The molecular formula is C26H27NO. The third-order valence-electron chi connectivity index (χ3n) is 5.61. The molecule has 1 heterocycles. The van der Waals surface area contributed by atoms with Gasteiger partial charge in [0.2, 0.25) is 5.91 Å². The van der Waals surface area contributed by atoms with Crippen LogP contribution in [0.2, 0.25) is 0 Å². The first-order valence-corrected chi connectivity index (χ1v) is 9.97. The minimum absolute atomic E-state index is 0.104. The summed E-state index contributed by atoms with van der Waals surface area (Å²) < 4.78 is 0. The molecule has 1 unspecified atom stereocenters. The summed E-state index contributed by atoms with van der Waals surface area (Å²) in [6.07, 6.45) is 0.746. The van der Waals surface area contributed by atoms with Gasteiger partial charge in [-0.3, -0.25) is 4.79 Å². The molecule has 142 valence electrons. The predicted octanol–water partition coefficient (Wildman–Crippen LogP) is 5.86. The lowest BCUT2D eigenvalue weighted by atomic mass is 9.87. The molecule has 2 heteroatoms. The summed E-state index contributed by atoms with van der Waals surface area (Å²) in [5.74, 6) is 0.0948. The van der Waals surface area contributed by atoms with Crippen LogP contribution in [0.1, 0.15) is 48.9 Å². The lowest BCUT2D eigenvalue weighted by molar-refractivity contribution is -0.119. The number of fused-ring (bicyclic) bond motifs is 1. The third kappa shape index (κ3) is 3.60. The monoisotopic (exact) mass is 369 g/mol. The number of hydrogen-bond donors (Lipinski definition) is 0. The van der Waals surface area contributed by atoms with E-state index in [1.54, 1.807) is 0 Å². The van der Waals surface area contributed by atoms with E-state index < -0.39 is 0 Å². The Morgan fingerprint density at radius 2 is 1.43 bits per heavy atom. The van der Waals surface area contributed by atoms with Crippen molar-refractivity contribution in [1.29, 1.82) is 0 Å². The Hall–Kier alpha value is -2.87. The zero-order valence-electron chi connectivity index (χ0n) is 16.9. The summed E-state index contributed by atoms with van der Waals surface area (Å²) >= 11 is 0. The molecule has 1 atom stereocenters. The molecule has 0 aliphatic carbocycles. The van der Waals surface area contributed by atoms with E-state index in [1.807, 2.05) is 35.2 Å². The second kappa shape index (κ2) is 7.27. The van der Waals surface area contributed by atoms with Crippen LogP contribution >= 0.6 is 0 Å². The number of para-hydroxylation sites is 1. The van der Waals surface area contributed by atoms with Gasteiger partial charge in [-0.15, -0.1) is 0 Å². The van der Waals surface area contributed by atoms with Gasteiger partial charge in [-0.2, -0.15) is 0 Å². The maximum absolute atomic E-state index is 13.3. The van der Waals surface area contributed by atoms with Crippen molar-refractivity contribution in [1.82, 2.24) is 0 Å². The van der Waals surface area contributed by atoms with Crippen LogP contribution in [0.15, 0.2) is 78.9 Å². The fourth-order valence-electron chi connectivity index (χ4n) is 3.97. The average molecular weight is 370 g/mol. The van der Waals surface area contributed by atoms with Gasteiger partial charge in [0.15, 0.2) is 0 Å². The molecule has 0 saturated carbocycles. The topological polar surface area (TPSA) is 20.3 Å². The number of rotatable bonds is 4. The van der Waals surface area contributed by atoms with Crippen molar-refractivity contribution >= 4 is 11.6 Å². The van der Waals surface area contributed by atoms with Crippen LogP contribution in [-0.4, -0.2) is 5.91 Å². The van der Waals surface area contributed by atoms with E-state index in [1.165, 1.54) is 11.1 Å². The first-order valence-electron chi connectivity index (χ1n) is 9.97. The second-order valence-electron chi connectivity index (χ2n) is 8.67. The highest BCUT2D eigenvalue weighted by Gasteiger charge is 2.36. The minimum atomic E-state index is -0.104. The Balaban J connectivity index is 1.60. The number of nitrogens with zero attached hydrogens (tertiary/aromatic N) is 1. The third-order valence-corrected chi connectivity index (χ3v) is 5.61. The zero-order valence-corrected chi connectivity index (χ0v) is 16.9. The molecule has 0 N–H and O–H groups in total. The standard InChI is InChI=1S/C26H27NO/c1-26(2,3)21-15-13-20(14-16-21)18-27-24-12-8-7-11-22(24)23(25(27)28)17-19-9-5-4-6-10-19/h4-16,23H,17-18H2,1-3H3. The summed E-state index contributed by atoms with van der Waals surface area (Å²) in [4.78, 5) is 15.3. The summed E-state index contributed by atoms with van der Waals surface area (Å²) in [7, 11) is 0. The molecule has 0 bridgehead atoms. The first kappa shape index (κ1) is 18.5. The number of benzene rings is 3. The van der Waals surface area contributed by atoms with E-state index in [4.69, 9.17) is 0 Å². The smallest absolute Gasteiger partial charge is 0.235 e. The highest BCUT2D eigenvalue weighted by molar-refractivity contribution is 6.05. The Kier molecular flexibility index (Phi) is 4.80. The first-order chi connectivity index (χ1) is 13.4. The van der Waals surface area contributed by atoms with Crippen LogP contribution in [0.25, 0.3) is 0 Å². The zero-order chi connectivity index (χ0) is 19.7. The predicted molar refractivity (Wildman–Crippen MR) is 116 cm³/mol. The lowest BCUT2D eigenvalue weighted by Gasteiger charge is -2.21. The van der Waals surface area contributed by atoms with Gasteiger partial charge in [0, 0.05) is 5.69 Å². The van der Waals surface area contributed by atoms with Crippen molar-refractivity contribution in [2.75, 3.05) is 4.90 Å². The second-order valence-corrected chi connectivity index (χ2v) is 8.67. The normalized spacial score (nSPS) is 16.3. The maximum Gasteiger partial charge on any atom is 0.235 e. The van der Waals surface area contributed by atoms with Crippen molar-refractivity contribution in [3.8, 4) is 0 Å². The maximum atomic E-state index is 13.3. The van der Waals surface area contributed by atoms with Crippen LogP contribution in [0.5, 0.6) is 0 Å². The molecule has 0 fully saturated rings. The molecule has 0 spiro atoms. The highest BCUT2D eigenvalue weighted by atomic mass is 16.2. The average Bonchev–Trinajstić information content (AvgIpc) is 2.95. The van der Waals surface area contributed by atoms with Crippen LogP contribution in [0.3, 0.4) is 0 Å². The van der Waals surface area contributed by atoms with E-state index in [0.29, 0.717) is 6.54 Å². The lowest BCUT2D eigenvalue weighted by Crippen LogP contribution is -2.29. The Morgan fingerprint density at radius 1 is 0.786 bits per heavy atom. The van der Waals surface area contributed by atoms with Gasteiger partial charge in [-0.1, -0.05) is 93.6 Å². The van der Waals surface area contributed by atoms with E-state index in [-0.39, 0.29) is 17.2 Å². The quantitative estimate of drug-likeness (QED) is 0.564. The number of amides is 1. The molecule has 0 saturated heterocycles.